The number of likely N-dealkylation sites (tertiary alicyclic amines) is 1. The summed E-state index contributed by atoms with van der Waals surface area (Å²) in [6.07, 6.45) is 3.09. The van der Waals surface area contributed by atoms with Crippen LogP contribution in [0.4, 0.5) is 0 Å². The van der Waals surface area contributed by atoms with Gasteiger partial charge in [-0.3, -0.25) is 4.79 Å². The lowest BCUT2D eigenvalue weighted by atomic mass is 10.0. The second kappa shape index (κ2) is 8.78. The van der Waals surface area contributed by atoms with E-state index in [1.807, 2.05) is 38.1 Å². The van der Waals surface area contributed by atoms with Crippen LogP contribution in [-0.2, 0) is 16.1 Å². The van der Waals surface area contributed by atoms with Crippen molar-refractivity contribution in [2.24, 2.45) is 0 Å². The second-order valence-corrected chi connectivity index (χ2v) is 7.76. The second-order valence-electron chi connectivity index (χ2n) is 7.40. The van der Waals surface area contributed by atoms with Crippen molar-refractivity contribution in [1.82, 2.24) is 14.7 Å². The van der Waals surface area contributed by atoms with Crippen LogP contribution in [0.5, 0.6) is 0 Å². The zero-order valence-corrected chi connectivity index (χ0v) is 17.3. The minimum absolute atomic E-state index is 0.165. The summed E-state index contributed by atoms with van der Waals surface area (Å²) in [6, 6.07) is 8.21. The molecule has 1 atom stereocenters. The van der Waals surface area contributed by atoms with Crippen LogP contribution in [0.1, 0.15) is 53.4 Å². The third-order valence-corrected chi connectivity index (χ3v) is 5.56. The van der Waals surface area contributed by atoms with E-state index < -0.39 is 5.97 Å². The van der Waals surface area contributed by atoms with E-state index in [2.05, 4.69) is 5.10 Å². The Morgan fingerprint density at radius 1 is 1.21 bits per heavy atom. The van der Waals surface area contributed by atoms with Crippen molar-refractivity contribution in [2.45, 2.75) is 52.6 Å². The maximum atomic E-state index is 12.5. The van der Waals surface area contributed by atoms with Gasteiger partial charge in [-0.25, -0.2) is 9.48 Å². The van der Waals surface area contributed by atoms with Crippen LogP contribution in [0.15, 0.2) is 24.3 Å². The molecular formula is C21H26ClN3O3. The third-order valence-electron chi connectivity index (χ3n) is 5.17. The lowest BCUT2D eigenvalue weighted by molar-refractivity contribution is -0.137. The molecule has 2 aromatic rings. The third kappa shape index (κ3) is 4.55. The molecule has 0 aliphatic carbocycles. The quantitative estimate of drug-likeness (QED) is 0.713. The molecule has 6 nitrogen and oxygen atoms in total. The van der Waals surface area contributed by atoms with Crippen molar-refractivity contribution in [3.8, 4) is 0 Å². The molecule has 3 rings (SSSR count). The van der Waals surface area contributed by atoms with Crippen LogP contribution in [0.2, 0.25) is 5.15 Å². The summed E-state index contributed by atoms with van der Waals surface area (Å²) in [5.74, 6) is -0.781. The summed E-state index contributed by atoms with van der Waals surface area (Å²) in [6.45, 7) is 6.65. The van der Waals surface area contributed by atoms with Gasteiger partial charge in [-0.1, -0.05) is 41.4 Å². The molecule has 0 N–H and O–H groups in total. The molecule has 7 heteroatoms. The van der Waals surface area contributed by atoms with Gasteiger partial charge < -0.3 is 9.64 Å². The SMILES string of the molecule is Cc1ccc(Cn2nc(C)c(C(=O)OCC(=O)N3CCCC[C@@H]3C)c2Cl)cc1. The van der Waals surface area contributed by atoms with Gasteiger partial charge in [0.2, 0.25) is 0 Å². The summed E-state index contributed by atoms with van der Waals surface area (Å²) < 4.78 is 6.84. The molecule has 150 valence electrons. The highest BCUT2D eigenvalue weighted by molar-refractivity contribution is 6.32. The van der Waals surface area contributed by atoms with Crippen molar-refractivity contribution in [3.63, 3.8) is 0 Å². The monoisotopic (exact) mass is 403 g/mol. The summed E-state index contributed by atoms with van der Waals surface area (Å²) >= 11 is 6.40. The molecular weight excluding hydrogens is 378 g/mol. The molecule has 1 aromatic heterocycles. The summed E-state index contributed by atoms with van der Waals surface area (Å²) in [7, 11) is 0. The number of halogens is 1. The molecule has 1 aromatic carbocycles. The van der Waals surface area contributed by atoms with Crippen molar-refractivity contribution in [1.29, 1.82) is 0 Å². The van der Waals surface area contributed by atoms with Gasteiger partial charge in [-0.15, -0.1) is 0 Å². The molecule has 0 unspecified atom stereocenters. The van der Waals surface area contributed by atoms with Crippen LogP contribution in [0.25, 0.3) is 0 Å². The number of aryl methyl sites for hydroxylation is 2. The normalized spacial score (nSPS) is 16.9. The summed E-state index contributed by atoms with van der Waals surface area (Å²) in [5.41, 5.74) is 2.90. The van der Waals surface area contributed by atoms with Crippen LogP contribution in [0.3, 0.4) is 0 Å². The van der Waals surface area contributed by atoms with E-state index >= 15 is 0 Å². The smallest absolute Gasteiger partial charge is 0.343 e. The number of carbonyl (C=O) groups excluding carboxylic acids is 2. The zero-order valence-electron chi connectivity index (χ0n) is 16.6. The molecule has 1 saturated heterocycles. The number of esters is 1. The highest BCUT2D eigenvalue weighted by Gasteiger charge is 2.26. The van der Waals surface area contributed by atoms with E-state index in [1.54, 1.807) is 16.5 Å². The predicted octanol–water partition coefficient (Wildman–Crippen LogP) is 3.76. The lowest BCUT2D eigenvalue weighted by Gasteiger charge is -2.33. The fraction of sp³-hybridized carbons (Fsp3) is 0.476. The molecule has 2 heterocycles. The lowest BCUT2D eigenvalue weighted by Crippen LogP contribution is -2.44. The molecule has 1 aliphatic heterocycles. The van der Waals surface area contributed by atoms with Gasteiger partial charge >= 0.3 is 5.97 Å². The van der Waals surface area contributed by atoms with E-state index in [0.29, 0.717) is 18.8 Å². The minimum Gasteiger partial charge on any atom is -0.452 e. The van der Waals surface area contributed by atoms with Crippen molar-refractivity contribution >= 4 is 23.5 Å². The van der Waals surface area contributed by atoms with Gasteiger partial charge in [0, 0.05) is 12.6 Å². The molecule has 0 bridgehead atoms. The Labute approximate surface area is 170 Å². The number of ether oxygens (including phenoxy) is 1. The number of nitrogens with zero attached hydrogens (tertiary/aromatic N) is 3. The average molecular weight is 404 g/mol. The summed E-state index contributed by atoms with van der Waals surface area (Å²) in [5, 5.41) is 4.59. The molecule has 0 spiro atoms. The molecule has 1 fully saturated rings. The number of hydrogen-bond acceptors (Lipinski definition) is 4. The Balaban J connectivity index is 1.65. The topological polar surface area (TPSA) is 64.4 Å². The Morgan fingerprint density at radius 3 is 2.61 bits per heavy atom. The molecule has 1 amide bonds. The number of piperidine rings is 1. The standard InChI is InChI=1S/C21H26ClN3O3/c1-14-7-9-17(10-8-14)12-25-20(22)19(16(3)23-25)21(27)28-13-18(26)24-11-5-4-6-15(24)2/h7-10,15H,4-6,11-13H2,1-3H3/t15-/m0/s1. The maximum absolute atomic E-state index is 12.5. The van der Waals surface area contributed by atoms with Crippen molar-refractivity contribution in [3.05, 3.63) is 51.8 Å². The first-order valence-corrected chi connectivity index (χ1v) is 9.99. The fourth-order valence-corrected chi connectivity index (χ4v) is 3.82. The number of benzene rings is 1. The van der Waals surface area contributed by atoms with Gasteiger partial charge in [0.25, 0.3) is 5.91 Å². The molecule has 0 saturated carbocycles. The Morgan fingerprint density at radius 2 is 1.93 bits per heavy atom. The molecule has 1 aliphatic rings. The first-order chi connectivity index (χ1) is 13.4. The van der Waals surface area contributed by atoms with Gasteiger partial charge in [0.1, 0.15) is 10.7 Å². The first-order valence-electron chi connectivity index (χ1n) is 9.62. The van der Waals surface area contributed by atoms with E-state index in [1.165, 1.54) is 5.56 Å². The summed E-state index contributed by atoms with van der Waals surface area (Å²) in [4.78, 5) is 26.7. The zero-order chi connectivity index (χ0) is 20.3. The molecule has 28 heavy (non-hydrogen) atoms. The van der Waals surface area contributed by atoms with Crippen LogP contribution < -0.4 is 0 Å². The number of amides is 1. The Kier molecular flexibility index (Phi) is 6.39. The van der Waals surface area contributed by atoms with E-state index in [-0.39, 0.29) is 29.3 Å². The van der Waals surface area contributed by atoms with Crippen molar-refractivity contribution < 1.29 is 14.3 Å². The van der Waals surface area contributed by atoms with Crippen LogP contribution >= 0.6 is 11.6 Å². The molecule has 0 radical (unpaired) electrons. The Hall–Kier alpha value is -2.34. The van der Waals surface area contributed by atoms with Gasteiger partial charge in [0.05, 0.1) is 12.2 Å². The van der Waals surface area contributed by atoms with Gasteiger partial charge in [0.15, 0.2) is 6.61 Å². The first kappa shape index (κ1) is 20.4. The van der Waals surface area contributed by atoms with E-state index in [4.69, 9.17) is 16.3 Å². The fourth-order valence-electron chi connectivity index (χ4n) is 3.51. The van der Waals surface area contributed by atoms with E-state index in [9.17, 15) is 9.59 Å². The van der Waals surface area contributed by atoms with Gasteiger partial charge in [-0.05, 0) is 45.6 Å². The van der Waals surface area contributed by atoms with Crippen molar-refractivity contribution in [2.75, 3.05) is 13.2 Å². The van der Waals surface area contributed by atoms with E-state index in [0.717, 1.165) is 24.8 Å². The highest BCUT2D eigenvalue weighted by Crippen LogP contribution is 2.22. The number of hydrogen-bond donors (Lipinski definition) is 0. The minimum atomic E-state index is -0.615. The number of carbonyl (C=O) groups is 2. The van der Waals surface area contributed by atoms with Crippen LogP contribution in [-0.4, -0.2) is 45.8 Å². The highest BCUT2D eigenvalue weighted by atomic mass is 35.5. The number of aromatic nitrogens is 2. The van der Waals surface area contributed by atoms with Crippen LogP contribution in [0, 0.1) is 13.8 Å². The Bertz CT molecular complexity index is 861. The largest absolute Gasteiger partial charge is 0.452 e. The predicted molar refractivity (Wildman–Crippen MR) is 108 cm³/mol. The average Bonchev–Trinajstić information content (AvgIpc) is 2.95. The maximum Gasteiger partial charge on any atom is 0.343 e. The van der Waals surface area contributed by atoms with Gasteiger partial charge in [-0.2, -0.15) is 5.10 Å². The number of rotatable bonds is 5.